The third-order valence-corrected chi connectivity index (χ3v) is 6.71. The maximum absolute atomic E-state index is 12.6. The van der Waals surface area contributed by atoms with Crippen LogP contribution >= 0.6 is 23.4 Å². The van der Waals surface area contributed by atoms with E-state index in [-0.39, 0.29) is 35.1 Å². The van der Waals surface area contributed by atoms with Gasteiger partial charge < -0.3 is 24.1 Å². The first-order valence-corrected chi connectivity index (χ1v) is 12.0. The minimum Gasteiger partial charge on any atom is -0.486 e. The molecule has 3 aromatic rings. The van der Waals surface area contributed by atoms with Crippen LogP contribution in [0.4, 0.5) is 5.69 Å². The number of ether oxygens (including phenoxy) is 3. The van der Waals surface area contributed by atoms with Gasteiger partial charge in [0.2, 0.25) is 5.91 Å². The van der Waals surface area contributed by atoms with E-state index in [9.17, 15) is 14.4 Å². The number of aromatic nitrogens is 3. The second-order valence-electron chi connectivity index (χ2n) is 7.74. The average molecular weight is 533 g/mol. The van der Waals surface area contributed by atoms with Crippen molar-refractivity contribution in [2.45, 2.75) is 25.6 Å². The number of aryl methyl sites for hydroxylation is 2. The highest BCUT2D eigenvalue weighted by Crippen LogP contribution is 2.26. The van der Waals surface area contributed by atoms with Crippen molar-refractivity contribution in [3.63, 3.8) is 0 Å². The predicted octanol–water partition coefficient (Wildman–Crippen LogP) is 3.97. The van der Waals surface area contributed by atoms with E-state index in [1.807, 2.05) is 26.0 Å². The number of hydrogen-bond acceptors (Lipinski definition) is 9. The Hall–Kier alpha value is -3.57. The van der Waals surface area contributed by atoms with Crippen LogP contribution < -0.4 is 10.1 Å². The van der Waals surface area contributed by atoms with Crippen LogP contribution in [0.2, 0.25) is 5.02 Å². The Morgan fingerprint density at radius 2 is 1.56 bits per heavy atom. The third-order valence-electron chi connectivity index (χ3n) is 5.09. The number of benzene rings is 2. The first-order chi connectivity index (χ1) is 17.1. The smallest absolute Gasteiger partial charge is 0.337 e. The highest BCUT2D eigenvalue weighted by atomic mass is 35.5. The lowest BCUT2D eigenvalue weighted by Crippen LogP contribution is -2.16. The van der Waals surface area contributed by atoms with Gasteiger partial charge in [0.15, 0.2) is 11.0 Å². The van der Waals surface area contributed by atoms with Gasteiger partial charge in [0.05, 0.1) is 31.1 Å². The molecule has 1 N–H and O–H groups in total. The van der Waals surface area contributed by atoms with Crippen molar-refractivity contribution in [3.8, 4) is 5.75 Å². The number of nitrogens with zero attached hydrogens (tertiary/aromatic N) is 3. The van der Waals surface area contributed by atoms with Gasteiger partial charge in [-0.15, -0.1) is 10.2 Å². The van der Waals surface area contributed by atoms with E-state index in [0.717, 1.165) is 11.1 Å². The van der Waals surface area contributed by atoms with E-state index >= 15 is 0 Å². The Bertz CT molecular complexity index is 1250. The van der Waals surface area contributed by atoms with Crippen molar-refractivity contribution in [2.75, 3.05) is 25.3 Å². The minimum atomic E-state index is -0.650. The van der Waals surface area contributed by atoms with Gasteiger partial charge >= 0.3 is 11.9 Å². The molecule has 12 heteroatoms. The molecule has 3 rings (SSSR count). The second-order valence-corrected chi connectivity index (χ2v) is 9.06. The van der Waals surface area contributed by atoms with E-state index in [2.05, 4.69) is 15.5 Å². The molecule has 1 amide bonds. The number of halogens is 1. The first kappa shape index (κ1) is 27.0. The van der Waals surface area contributed by atoms with Gasteiger partial charge in [-0.05, 0) is 55.3 Å². The molecule has 0 atom stereocenters. The van der Waals surface area contributed by atoms with Crippen molar-refractivity contribution >= 4 is 46.9 Å². The topological polar surface area (TPSA) is 122 Å². The fraction of sp³-hybridized carbons (Fsp3) is 0.292. The molecule has 0 unspecified atom stereocenters. The summed E-state index contributed by atoms with van der Waals surface area (Å²) in [5.41, 5.74) is 2.30. The molecular weight excluding hydrogens is 508 g/mol. The summed E-state index contributed by atoms with van der Waals surface area (Å²) >= 11 is 7.38. The highest BCUT2D eigenvalue weighted by Gasteiger charge is 2.16. The molecule has 0 saturated heterocycles. The number of hydrogen-bond donors (Lipinski definition) is 1. The number of thioether (sulfide) groups is 1. The zero-order valence-electron chi connectivity index (χ0n) is 20.4. The number of esters is 2. The molecule has 2 aromatic carbocycles. The maximum Gasteiger partial charge on any atom is 0.337 e. The van der Waals surface area contributed by atoms with Gasteiger partial charge in [-0.25, -0.2) is 9.59 Å². The standard InChI is InChI=1S/C24H25ClN4O6S/c1-13-6-18(7-14(2)21(13)25)35-11-19-27-28-24(29(19)3)36-12-20(30)26-17-9-15(22(31)33-4)8-16(10-17)23(32)34-5/h6-10H,11-12H2,1-5H3,(H,26,30). The molecule has 0 aliphatic heterocycles. The van der Waals surface area contributed by atoms with Crippen LogP contribution in [-0.2, 0) is 27.9 Å². The number of carbonyl (C=O) groups excluding carboxylic acids is 3. The number of anilines is 1. The molecule has 190 valence electrons. The third kappa shape index (κ3) is 6.55. The number of nitrogens with one attached hydrogen (secondary N) is 1. The monoisotopic (exact) mass is 532 g/mol. The Morgan fingerprint density at radius 3 is 2.11 bits per heavy atom. The fourth-order valence-electron chi connectivity index (χ4n) is 3.23. The summed E-state index contributed by atoms with van der Waals surface area (Å²) in [5, 5.41) is 12.2. The Labute approximate surface area is 217 Å². The van der Waals surface area contributed by atoms with Gasteiger partial charge in [0.1, 0.15) is 12.4 Å². The van der Waals surface area contributed by atoms with Gasteiger partial charge in [-0.3, -0.25) is 4.79 Å². The summed E-state index contributed by atoms with van der Waals surface area (Å²) in [6.07, 6.45) is 0. The number of carbonyl (C=O) groups is 3. The number of rotatable bonds is 9. The van der Waals surface area contributed by atoms with E-state index in [1.165, 1.54) is 44.2 Å². The zero-order valence-corrected chi connectivity index (χ0v) is 22.0. The Kier molecular flexibility index (Phi) is 8.94. The Morgan fingerprint density at radius 1 is 0.972 bits per heavy atom. The van der Waals surface area contributed by atoms with E-state index in [1.54, 1.807) is 11.6 Å². The molecule has 0 bridgehead atoms. The maximum atomic E-state index is 12.6. The molecule has 0 saturated carbocycles. The lowest BCUT2D eigenvalue weighted by atomic mass is 10.1. The van der Waals surface area contributed by atoms with E-state index in [4.69, 9.17) is 25.8 Å². The lowest BCUT2D eigenvalue weighted by molar-refractivity contribution is -0.113. The molecule has 1 heterocycles. The molecule has 0 aliphatic rings. The van der Waals surface area contributed by atoms with E-state index in [0.29, 0.717) is 21.8 Å². The minimum absolute atomic E-state index is 0.0123. The van der Waals surface area contributed by atoms with Crippen molar-refractivity contribution in [3.05, 3.63) is 63.4 Å². The lowest BCUT2D eigenvalue weighted by Gasteiger charge is -2.10. The quantitative estimate of drug-likeness (QED) is 0.322. The molecule has 0 spiro atoms. The normalized spacial score (nSPS) is 10.6. The van der Waals surface area contributed by atoms with Gasteiger partial charge in [-0.1, -0.05) is 23.4 Å². The molecular formula is C24H25ClN4O6S. The van der Waals surface area contributed by atoms with Gasteiger partial charge in [0.25, 0.3) is 0 Å². The predicted molar refractivity (Wildman–Crippen MR) is 135 cm³/mol. The first-order valence-electron chi connectivity index (χ1n) is 10.6. The molecule has 0 aliphatic carbocycles. The molecule has 0 radical (unpaired) electrons. The zero-order chi connectivity index (χ0) is 26.4. The largest absolute Gasteiger partial charge is 0.486 e. The summed E-state index contributed by atoms with van der Waals surface area (Å²) in [4.78, 5) is 36.4. The summed E-state index contributed by atoms with van der Waals surface area (Å²) in [6.45, 7) is 4.01. The van der Waals surface area contributed by atoms with Crippen LogP contribution in [0.25, 0.3) is 0 Å². The van der Waals surface area contributed by atoms with E-state index < -0.39 is 11.9 Å². The summed E-state index contributed by atoms with van der Waals surface area (Å²) in [7, 11) is 4.22. The summed E-state index contributed by atoms with van der Waals surface area (Å²) in [5.74, 6) is -0.404. The van der Waals surface area contributed by atoms with Gasteiger partial charge in [-0.2, -0.15) is 0 Å². The van der Waals surface area contributed by atoms with Crippen molar-refractivity contribution in [2.24, 2.45) is 7.05 Å². The number of methoxy groups -OCH3 is 2. The van der Waals surface area contributed by atoms with Crippen LogP contribution in [-0.4, -0.2) is 52.6 Å². The van der Waals surface area contributed by atoms with Crippen molar-refractivity contribution < 1.29 is 28.6 Å². The van der Waals surface area contributed by atoms with Crippen LogP contribution in [0, 0.1) is 13.8 Å². The SMILES string of the molecule is COC(=O)c1cc(NC(=O)CSc2nnc(COc3cc(C)c(Cl)c(C)c3)n2C)cc(C(=O)OC)c1. The van der Waals surface area contributed by atoms with Crippen LogP contribution in [0.15, 0.2) is 35.5 Å². The molecule has 10 nitrogen and oxygen atoms in total. The molecule has 1 aromatic heterocycles. The molecule has 0 fully saturated rings. The molecule has 36 heavy (non-hydrogen) atoms. The highest BCUT2D eigenvalue weighted by molar-refractivity contribution is 7.99. The van der Waals surface area contributed by atoms with Crippen molar-refractivity contribution in [1.29, 1.82) is 0 Å². The second kappa shape index (κ2) is 11.9. The van der Waals surface area contributed by atoms with Crippen LogP contribution in [0.5, 0.6) is 5.75 Å². The van der Waals surface area contributed by atoms with Crippen molar-refractivity contribution in [1.82, 2.24) is 14.8 Å². The van der Waals surface area contributed by atoms with Crippen LogP contribution in [0.3, 0.4) is 0 Å². The summed E-state index contributed by atoms with van der Waals surface area (Å²) in [6, 6.07) is 7.87. The number of amides is 1. The van der Waals surface area contributed by atoms with Crippen LogP contribution in [0.1, 0.15) is 37.7 Å². The summed E-state index contributed by atoms with van der Waals surface area (Å²) < 4.78 is 17.0. The fourth-order valence-corrected chi connectivity index (χ4v) is 4.07. The average Bonchev–Trinajstić information content (AvgIpc) is 3.22. The van der Waals surface area contributed by atoms with Gasteiger partial charge in [0, 0.05) is 17.8 Å². The Balaban J connectivity index is 1.63.